The van der Waals surface area contributed by atoms with Crippen LogP contribution in [0, 0.1) is 17.2 Å². The zero-order chi connectivity index (χ0) is 19.3. The number of hydrogen-bond acceptors (Lipinski definition) is 3. The average molecular weight is 365 g/mol. The predicted molar refractivity (Wildman–Crippen MR) is 81.2 cm³/mol. The van der Waals surface area contributed by atoms with Gasteiger partial charge in [-0.1, -0.05) is 13.8 Å². The molecule has 0 saturated heterocycles. The van der Waals surface area contributed by atoms with Crippen LogP contribution < -0.4 is 10.6 Å². The second-order valence-electron chi connectivity index (χ2n) is 5.73. The molecule has 9 heteroatoms. The molecule has 1 aromatic rings. The van der Waals surface area contributed by atoms with Crippen molar-refractivity contribution in [2.24, 2.45) is 5.92 Å². The molecule has 0 fully saturated rings. The lowest BCUT2D eigenvalue weighted by molar-refractivity contribution is -0.143. The molecule has 0 heterocycles. The minimum absolute atomic E-state index is 0.0296. The van der Waals surface area contributed by atoms with Crippen LogP contribution in [0.15, 0.2) is 30.1 Å². The van der Waals surface area contributed by atoms with Gasteiger partial charge >= 0.3 is 12.4 Å². The molecule has 0 amide bonds. The third-order valence-corrected chi connectivity index (χ3v) is 3.10. The standard InChI is InChI=1S/C16H17F6N3/c1-10(2)3-4-24-9-14(8-23)25-13-6-11(15(17,18)19)5-12(7-13)16(20,21)22/h5-7,9-10,24-25H,3-4H2,1-2H3/b14-9+. The van der Waals surface area contributed by atoms with E-state index in [-0.39, 0.29) is 11.8 Å². The Kier molecular flexibility index (Phi) is 6.73. The Bertz CT molecular complexity index is 621. The Hall–Kier alpha value is -2.37. The smallest absolute Gasteiger partial charge is 0.389 e. The second kappa shape index (κ2) is 8.14. The van der Waals surface area contributed by atoms with Gasteiger partial charge in [-0.25, -0.2) is 0 Å². The molecule has 25 heavy (non-hydrogen) atoms. The molecule has 0 aliphatic heterocycles. The third kappa shape index (κ3) is 6.95. The van der Waals surface area contributed by atoms with Gasteiger partial charge in [-0.2, -0.15) is 31.6 Å². The van der Waals surface area contributed by atoms with Gasteiger partial charge in [0.2, 0.25) is 0 Å². The van der Waals surface area contributed by atoms with Gasteiger partial charge in [0, 0.05) is 18.4 Å². The van der Waals surface area contributed by atoms with E-state index in [2.05, 4.69) is 10.6 Å². The van der Waals surface area contributed by atoms with E-state index in [9.17, 15) is 26.3 Å². The number of rotatable bonds is 6. The Morgan fingerprint density at radius 1 is 1.08 bits per heavy atom. The van der Waals surface area contributed by atoms with E-state index in [0.717, 1.165) is 6.42 Å². The zero-order valence-electron chi connectivity index (χ0n) is 13.5. The summed E-state index contributed by atoms with van der Waals surface area (Å²) in [6.45, 7) is 4.48. The molecular weight excluding hydrogens is 348 g/mol. The zero-order valence-corrected chi connectivity index (χ0v) is 13.5. The SMILES string of the molecule is CC(C)CCN/C=C(\C#N)Nc1cc(C(F)(F)F)cc(C(F)(F)F)c1. The highest BCUT2D eigenvalue weighted by Gasteiger charge is 2.36. The van der Waals surface area contributed by atoms with Gasteiger partial charge in [0.05, 0.1) is 11.1 Å². The van der Waals surface area contributed by atoms with E-state index in [0.29, 0.717) is 24.6 Å². The predicted octanol–water partition coefficient (Wildman–Crippen LogP) is 5.14. The molecule has 138 valence electrons. The van der Waals surface area contributed by atoms with E-state index < -0.39 is 29.2 Å². The third-order valence-electron chi connectivity index (χ3n) is 3.10. The van der Waals surface area contributed by atoms with Crippen molar-refractivity contribution >= 4 is 5.69 Å². The Morgan fingerprint density at radius 2 is 1.60 bits per heavy atom. The molecule has 0 radical (unpaired) electrons. The molecule has 2 N–H and O–H groups in total. The highest BCUT2D eigenvalue weighted by atomic mass is 19.4. The Labute approximate surface area is 141 Å². The molecule has 0 unspecified atom stereocenters. The fourth-order valence-electron chi connectivity index (χ4n) is 1.83. The number of benzene rings is 1. The summed E-state index contributed by atoms with van der Waals surface area (Å²) in [4.78, 5) is 0. The summed E-state index contributed by atoms with van der Waals surface area (Å²) in [6, 6.07) is 2.75. The molecule has 0 saturated carbocycles. The van der Waals surface area contributed by atoms with Crippen molar-refractivity contribution in [1.82, 2.24) is 5.32 Å². The summed E-state index contributed by atoms with van der Waals surface area (Å²) in [5.41, 5.74) is -3.57. The molecular formula is C16H17F6N3. The van der Waals surface area contributed by atoms with Crippen molar-refractivity contribution in [3.8, 4) is 6.07 Å². The highest BCUT2D eigenvalue weighted by molar-refractivity contribution is 5.56. The number of anilines is 1. The fraction of sp³-hybridized carbons (Fsp3) is 0.438. The summed E-state index contributed by atoms with van der Waals surface area (Å²) in [5.74, 6) is 0.400. The van der Waals surface area contributed by atoms with Crippen LogP contribution in [0.1, 0.15) is 31.4 Å². The summed E-state index contributed by atoms with van der Waals surface area (Å²) in [6.07, 6.45) is -7.87. The second-order valence-corrected chi connectivity index (χ2v) is 5.73. The normalized spacial score (nSPS) is 12.9. The lowest BCUT2D eigenvalue weighted by Crippen LogP contribution is -2.14. The lowest BCUT2D eigenvalue weighted by Gasteiger charge is -2.15. The number of nitrogens with zero attached hydrogens (tertiary/aromatic N) is 1. The summed E-state index contributed by atoms with van der Waals surface area (Å²) in [5, 5.41) is 14.1. The van der Waals surface area contributed by atoms with Gasteiger partial charge in [-0.15, -0.1) is 0 Å². The number of allylic oxidation sites excluding steroid dienone is 1. The number of halogens is 6. The molecule has 0 aliphatic rings. The number of nitrogens with one attached hydrogen (secondary N) is 2. The first-order valence-electron chi connectivity index (χ1n) is 7.33. The van der Waals surface area contributed by atoms with E-state index in [1.54, 1.807) is 6.07 Å². The summed E-state index contributed by atoms with van der Waals surface area (Å²) < 4.78 is 76.8. The maximum absolute atomic E-state index is 12.8. The van der Waals surface area contributed by atoms with E-state index in [1.165, 1.54) is 6.20 Å². The quantitative estimate of drug-likeness (QED) is 0.417. The first-order chi connectivity index (χ1) is 11.4. The molecule has 0 aromatic heterocycles. The van der Waals surface area contributed by atoms with Crippen LogP contribution in [0.5, 0.6) is 0 Å². The Balaban J connectivity index is 3.06. The summed E-state index contributed by atoms with van der Waals surface area (Å²) in [7, 11) is 0. The maximum Gasteiger partial charge on any atom is 0.416 e. The van der Waals surface area contributed by atoms with Crippen molar-refractivity contribution < 1.29 is 26.3 Å². The van der Waals surface area contributed by atoms with Gasteiger partial charge < -0.3 is 10.6 Å². The molecule has 0 aliphatic carbocycles. The largest absolute Gasteiger partial charge is 0.416 e. The fourth-order valence-corrected chi connectivity index (χ4v) is 1.83. The van der Waals surface area contributed by atoms with Crippen molar-refractivity contribution in [1.29, 1.82) is 5.26 Å². The van der Waals surface area contributed by atoms with Crippen LogP contribution in [0.2, 0.25) is 0 Å². The van der Waals surface area contributed by atoms with Gasteiger partial charge in [0.15, 0.2) is 0 Å². The maximum atomic E-state index is 12.8. The monoisotopic (exact) mass is 365 g/mol. The average Bonchev–Trinajstić information content (AvgIpc) is 2.48. The number of alkyl halides is 6. The molecule has 0 atom stereocenters. The lowest BCUT2D eigenvalue weighted by atomic mass is 10.1. The first-order valence-corrected chi connectivity index (χ1v) is 7.33. The van der Waals surface area contributed by atoms with Gasteiger partial charge in [-0.3, -0.25) is 0 Å². The number of nitriles is 1. The molecule has 3 nitrogen and oxygen atoms in total. The van der Waals surface area contributed by atoms with Crippen molar-refractivity contribution in [3.05, 3.63) is 41.2 Å². The molecule has 1 aromatic carbocycles. The van der Waals surface area contributed by atoms with Crippen molar-refractivity contribution in [3.63, 3.8) is 0 Å². The van der Waals surface area contributed by atoms with Crippen LogP contribution >= 0.6 is 0 Å². The van der Waals surface area contributed by atoms with Crippen molar-refractivity contribution in [2.45, 2.75) is 32.6 Å². The highest BCUT2D eigenvalue weighted by Crippen LogP contribution is 2.37. The topological polar surface area (TPSA) is 47.9 Å². The van der Waals surface area contributed by atoms with E-state index in [1.807, 2.05) is 13.8 Å². The summed E-state index contributed by atoms with van der Waals surface area (Å²) >= 11 is 0. The van der Waals surface area contributed by atoms with Gasteiger partial charge in [0.1, 0.15) is 11.8 Å². The minimum Gasteiger partial charge on any atom is -0.389 e. The van der Waals surface area contributed by atoms with E-state index >= 15 is 0 Å². The number of hydrogen-bond donors (Lipinski definition) is 2. The minimum atomic E-state index is -4.94. The van der Waals surface area contributed by atoms with Crippen LogP contribution in [0.25, 0.3) is 0 Å². The van der Waals surface area contributed by atoms with Crippen molar-refractivity contribution in [2.75, 3.05) is 11.9 Å². The van der Waals surface area contributed by atoms with Crippen LogP contribution in [0.3, 0.4) is 0 Å². The van der Waals surface area contributed by atoms with E-state index in [4.69, 9.17) is 5.26 Å². The Morgan fingerprint density at radius 3 is 2.00 bits per heavy atom. The van der Waals surface area contributed by atoms with Crippen LogP contribution in [-0.2, 0) is 12.4 Å². The first kappa shape index (κ1) is 20.7. The molecule has 0 spiro atoms. The van der Waals surface area contributed by atoms with Crippen LogP contribution in [-0.4, -0.2) is 6.54 Å². The molecule has 1 rings (SSSR count). The molecule has 0 bridgehead atoms. The van der Waals surface area contributed by atoms with Gasteiger partial charge in [0.25, 0.3) is 0 Å². The van der Waals surface area contributed by atoms with Gasteiger partial charge in [-0.05, 0) is 30.5 Å². The van der Waals surface area contributed by atoms with Crippen LogP contribution in [0.4, 0.5) is 32.0 Å².